The summed E-state index contributed by atoms with van der Waals surface area (Å²) in [5, 5.41) is 11.6. The van der Waals surface area contributed by atoms with Crippen LogP contribution in [0, 0.1) is 0 Å². The zero-order chi connectivity index (χ0) is 15.2. The molecule has 5 heteroatoms. The largest absolute Gasteiger partial charge is 0.481 e. The van der Waals surface area contributed by atoms with Crippen LogP contribution in [0.3, 0.4) is 0 Å². The number of nitrogens with one attached hydrogen (secondary N) is 1. The monoisotopic (exact) mass is 285 g/mol. The molecule has 0 unspecified atom stereocenters. The van der Waals surface area contributed by atoms with Crippen LogP contribution in [0.5, 0.6) is 5.75 Å². The Hall–Kier alpha value is -2.82. The van der Waals surface area contributed by atoms with Crippen molar-refractivity contribution in [1.29, 1.82) is 0 Å². The molecular weight excluding hydrogens is 270 g/mol. The third-order valence-electron chi connectivity index (χ3n) is 2.84. The third kappa shape index (κ3) is 3.82. The Morgan fingerprint density at radius 2 is 1.67 bits per heavy atom. The van der Waals surface area contributed by atoms with Gasteiger partial charge in [0, 0.05) is 0 Å². The predicted octanol–water partition coefficient (Wildman–Crippen LogP) is 2.79. The molecule has 2 N–H and O–H groups in total. The van der Waals surface area contributed by atoms with E-state index in [1.54, 1.807) is 43.3 Å². The SMILES string of the molecule is C[C@@H](Oc1ccccc1)C(=O)Nc1ccccc1C(=O)O. The highest BCUT2D eigenvalue weighted by molar-refractivity contribution is 6.01. The van der Waals surface area contributed by atoms with E-state index in [1.807, 2.05) is 6.07 Å². The first-order valence-corrected chi connectivity index (χ1v) is 6.43. The van der Waals surface area contributed by atoms with Crippen LogP contribution in [-0.2, 0) is 4.79 Å². The van der Waals surface area contributed by atoms with Crippen molar-refractivity contribution in [2.24, 2.45) is 0 Å². The van der Waals surface area contributed by atoms with Crippen LogP contribution in [0.25, 0.3) is 0 Å². The maximum absolute atomic E-state index is 12.1. The molecule has 0 saturated carbocycles. The van der Waals surface area contributed by atoms with E-state index in [0.29, 0.717) is 5.75 Å². The number of para-hydroxylation sites is 2. The Morgan fingerprint density at radius 3 is 2.33 bits per heavy atom. The van der Waals surface area contributed by atoms with Crippen molar-refractivity contribution in [2.45, 2.75) is 13.0 Å². The van der Waals surface area contributed by atoms with E-state index in [1.165, 1.54) is 12.1 Å². The number of benzene rings is 2. The fourth-order valence-corrected chi connectivity index (χ4v) is 1.77. The van der Waals surface area contributed by atoms with Gasteiger partial charge >= 0.3 is 5.97 Å². The molecule has 1 amide bonds. The smallest absolute Gasteiger partial charge is 0.337 e. The van der Waals surface area contributed by atoms with E-state index in [9.17, 15) is 9.59 Å². The lowest BCUT2D eigenvalue weighted by atomic mass is 10.1. The molecule has 0 saturated heterocycles. The lowest BCUT2D eigenvalue weighted by Gasteiger charge is -2.15. The van der Waals surface area contributed by atoms with Crippen LogP contribution in [0.1, 0.15) is 17.3 Å². The van der Waals surface area contributed by atoms with E-state index in [-0.39, 0.29) is 11.3 Å². The molecule has 0 bridgehead atoms. The predicted molar refractivity (Wildman–Crippen MR) is 78.6 cm³/mol. The van der Waals surface area contributed by atoms with Crippen molar-refractivity contribution in [3.05, 3.63) is 60.2 Å². The molecule has 0 aliphatic carbocycles. The van der Waals surface area contributed by atoms with Gasteiger partial charge < -0.3 is 15.2 Å². The highest BCUT2D eigenvalue weighted by atomic mass is 16.5. The number of ether oxygens (including phenoxy) is 1. The summed E-state index contributed by atoms with van der Waals surface area (Å²) in [7, 11) is 0. The molecular formula is C16H15NO4. The van der Waals surface area contributed by atoms with Crippen molar-refractivity contribution in [1.82, 2.24) is 0 Å². The Kier molecular flexibility index (Phi) is 4.56. The second kappa shape index (κ2) is 6.56. The van der Waals surface area contributed by atoms with Gasteiger partial charge in [-0.25, -0.2) is 4.79 Å². The Labute approximate surface area is 122 Å². The highest BCUT2D eigenvalue weighted by Crippen LogP contribution is 2.16. The van der Waals surface area contributed by atoms with E-state index in [4.69, 9.17) is 9.84 Å². The van der Waals surface area contributed by atoms with Crippen molar-refractivity contribution < 1.29 is 19.4 Å². The standard InChI is InChI=1S/C16H15NO4/c1-11(21-12-7-3-2-4-8-12)15(18)17-14-10-6-5-9-13(14)16(19)20/h2-11H,1H3,(H,17,18)(H,19,20)/t11-/m1/s1. The summed E-state index contributed by atoms with van der Waals surface area (Å²) in [6, 6.07) is 15.2. The summed E-state index contributed by atoms with van der Waals surface area (Å²) in [5.74, 6) is -0.929. The molecule has 0 radical (unpaired) electrons. The number of carboxylic acids is 1. The first-order valence-electron chi connectivity index (χ1n) is 6.43. The van der Waals surface area contributed by atoms with E-state index >= 15 is 0 Å². The van der Waals surface area contributed by atoms with Gasteiger partial charge in [0.05, 0.1) is 11.3 Å². The minimum Gasteiger partial charge on any atom is -0.481 e. The molecule has 1 atom stereocenters. The Balaban J connectivity index is 2.06. The molecule has 0 fully saturated rings. The molecule has 2 aromatic carbocycles. The molecule has 0 aliphatic heterocycles. The van der Waals surface area contributed by atoms with Crippen LogP contribution in [0.4, 0.5) is 5.69 Å². The van der Waals surface area contributed by atoms with Gasteiger partial charge in [0.25, 0.3) is 5.91 Å². The van der Waals surface area contributed by atoms with Gasteiger partial charge in [-0.1, -0.05) is 30.3 Å². The summed E-state index contributed by atoms with van der Waals surface area (Å²) in [6.45, 7) is 1.60. The number of carboxylic acid groups (broad SMARTS) is 1. The number of hydrogen-bond donors (Lipinski definition) is 2. The summed E-state index contributed by atoms with van der Waals surface area (Å²) in [5.41, 5.74) is 0.288. The number of aromatic carboxylic acids is 1. The number of carbonyl (C=O) groups excluding carboxylic acids is 1. The number of rotatable bonds is 5. The average molecular weight is 285 g/mol. The highest BCUT2D eigenvalue weighted by Gasteiger charge is 2.17. The first kappa shape index (κ1) is 14.6. The number of anilines is 1. The van der Waals surface area contributed by atoms with Crippen molar-refractivity contribution in [3.63, 3.8) is 0 Å². The molecule has 0 spiro atoms. The van der Waals surface area contributed by atoms with Crippen LogP contribution < -0.4 is 10.1 Å². The van der Waals surface area contributed by atoms with Crippen molar-refractivity contribution >= 4 is 17.6 Å². The van der Waals surface area contributed by atoms with E-state index in [2.05, 4.69) is 5.32 Å². The molecule has 0 aliphatic rings. The molecule has 5 nitrogen and oxygen atoms in total. The molecule has 108 valence electrons. The average Bonchev–Trinajstić information content (AvgIpc) is 2.48. The van der Waals surface area contributed by atoms with Crippen molar-refractivity contribution in [3.8, 4) is 5.75 Å². The normalized spacial score (nSPS) is 11.5. The lowest BCUT2D eigenvalue weighted by Crippen LogP contribution is -2.30. The van der Waals surface area contributed by atoms with Crippen LogP contribution in [-0.4, -0.2) is 23.1 Å². The van der Waals surface area contributed by atoms with Crippen LogP contribution in [0.15, 0.2) is 54.6 Å². The van der Waals surface area contributed by atoms with Gasteiger partial charge in [-0.2, -0.15) is 0 Å². The lowest BCUT2D eigenvalue weighted by molar-refractivity contribution is -0.122. The van der Waals surface area contributed by atoms with Gasteiger partial charge in [-0.15, -0.1) is 0 Å². The van der Waals surface area contributed by atoms with Crippen LogP contribution >= 0.6 is 0 Å². The molecule has 0 aromatic heterocycles. The molecule has 21 heavy (non-hydrogen) atoms. The zero-order valence-corrected chi connectivity index (χ0v) is 11.4. The second-order valence-electron chi connectivity index (χ2n) is 4.41. The Morgan fingerprint density at radius 1 is 1.05 bits per heavy atom. The Bertz CT molecular complexity index is 640. The minimum atomic E-state index is -1.09. The summed E-state index contributed by atoms with van der Waals surface area (Å²) in [4.78, 5) is 23.1. The van der Waals surface area contributed by atoms with Gasteiger partial charge in [-0.05, 0) is 31.2 Å². The van der Waals surface area contributed by atoms with E-state index < -0.39 is 18.0 Å². The number of carbonyl (C=O) groups is 2. The van der Waals surface area contributed by atoms with Gasteiger partial charge in [-0.3, -0.25) is 4.79 Å². The van der Waals surface area contributed by atoms with Gasteiger partial charge in [0.2, 0.25) is 0 Å². The maximum Gasteiger partial charge on any atom is 0.337 e. The van der Waals surface area contributed by atoms with Gasteiger partial charge in [0.1, 0.15) is 5.75 Å². The molecule has 2 aromatic rings. The summed E-state index contributed by atoms with van der Waals surface area (Å²) in [6.07, 6.45) is -0.741. The second-order valence-corrected chi connectivity index (χ2v) is 4.41. The van der Waals surface area contributed by atoms with E-state index in [0.717, 1.165) is 0 Å². The molecule has 2 rings (SSSR count). The summed E-state index contributed by atoms with van der Waals surface area (Å²) >= 11 is 0. The fourth-order valence-electron chi connectivity index (χ4n) is 1.77. The maximum atomic E-state index is 12.1. The minimum absolute atomic E-state index is 0.0396. The topological polar surface area (TPSA) is 75.6 Å². The molecule has 0 heterocycles. The fraction of sp³-hybridized carbons (Fsp3) is 0.125. The number of hydrogen-bond acceptors (Lipinski definition) is 3. The quantitative estimate of drug-likeness (QED) is 0.885. The summed E-state index contributed by atoms with van der Waals surface area (Å²) < 4.78 is 5.49. The van der Waals surface area contributed by atoms with Crippen molar-refractivity contribution in [2.75, 3.05) is 5.32 Å². The first-order chi connectivity index (χ1) is 10.1. The third-order valence-corrected chi connectivity index (χ3v) is 2.84. The number of amides is 1. The zero-order valence-electron chi connectivity index (χ0n) is 11.4. The van der Waals surface area contributed by atoms with Crippen LogP contribution in [0.2, 0.25) is 0 Å². The van der Waals surface area contributed by atoms with Gasteiger partial charge in [0.15, 0.2) is 6.10 Å².